The van der Waals surface area contributed by atoms with E-state index in [4.69, 9.17) is 14.6 Å². The van der Waals surface area contributed by atoms with Crippen molar-refractivity contribution in [2.45, 2.75) is 57.8 Å². The molecule has 1 fully saturated rings. The number of carboxylic acid groups (broad SMARTS) is 2. The highest BCUT2D eigenvalue weighted by Gasteiger charge is 2.40. The second kappa shape index (κ2) is 10.4. The SMILES string of the molecule is CCc1ccc(C(=O)NC(CCCC[C@H]2CO[C@@](C)(C(=O)O)OC2)C(=O)O)cc1. The van der Waals surface area contributed by atoms with Crippen molar-refractivity contribution in [1.82, 2.24) is 5.32 Å². The maximum absolute atomic E-state index is 12.3. The average molecular weight is 407 g/mol. The normalized spacial score (nSPS) is 22.6. The first kappa shape index (κ1) is 22.8. The molecule has 1 amide bonds. The molecule has 0 radical (unpaired) electrons. The summed E-state index contributed by atoms with van der Waals surface area (Å²) >= 11 is 0. The fourth-order valence-corrected chi connectivity index (χ4v) is 3.11. The Balaban J connectivity index is 1.74. The smallest absolute Gasteiger partial charge is 0.364 e. The second-order valence-corrected chi connectivity index (χ2v) is 7.44. The van der Waals surface area contributed by atoms with E-state index in [1.54, 1.807) is 12.1 Å². The fourth-order valence-electron chi connectivity index (χ4n) is 3.11. The molecule has 3 N–H and O–H groups in total. The summed E-state index contributed by atoms with van der Waals surface area (Å²) in [6.45, 7) is 3.97. The number of carbonyl (C=O) groups excluding carboxylic acids is 1. The van der Waals surface area contributed by atoms with Crippen LogP contribution < -0.4 is 5.32 Å². The van der Waals surface area contributed by atoms with Gasteiger partial charge in [0.15, 0.2) is 0 Å². The van der Waals surface area contributed by atoms with Gasteiger partial charge in [-0.15, -0.1) is 0 Å². The minimum atomic E-state index is -1.59. The minimum Gasteiger partial charge on any atom is -0.480 e. The van der Waals surface area contributed by atoms with Gasteiger partial charge in [0, 0.05) is 18.4 Å². The first-order valence-electron chi connectivity index (χ1n) is 9.89. The Kier molecular flexibility index (Phi) is 8.16. The molecule has 2 rings (SSSR count). The monoisotopic (exact) mass is 407 g/mol. The van der Waals surface area contributed by atoms with Crippen molar-refractivity contribution in [3.8, 4) is 0 Å². The quantitative estimate of drug-likeness (QED) is 0.509. The Morgan fingerprint density at radius 2 is 1.76 bits per heavy atom. The van der Waals surface area contributed by atoms with Crippen LogP contribution in [0, 0.1) is 5.92 Å². The average Bonchev–Trinajstić information content (AvgIpc) is 2.71. The molecule has 160 valence electrons. The number of nitrogens with one attached hydrogen (secondary N) is 1. The molecule has 0 saturated carbocycles. The zero-order valence-electron chi connectivity index (χ0n) is 16.8. The minimum absolute atomic E-state index is 0.0670. The number of aryl methyl sites for hydroxylation is 1. The van der Waals surface area contributed by atoms with E-state index >= 15 is 0 Å². The molecular weight excluding hydrogens is 378 g/mol. The molecule has 0 bridgehead atoms. The van der Waals surface area contributed by atoms with Crippen molar-refractivity contribution < 1.29 is 34.1 Å². The van der Waals surface area contributed by atoms with Gasteiger partial charge in [-0.05, 0) is 37.0 Å². The van der Waals surface area contributed by atoms with Crippen LogP contribution in [0.4, 0.5) is 0 Å². The molecule has 1 aromatic rings. The van der Waals surface area contributed by atoms with Gasteiger partial charge in [-0.3, -0.25) is 4.79 Å². The maximum Gasteiger partial charge on any atom is 0.364 e. The van der Waals surface area contributed by atoms with Crippen LogP contribution in [0.2, 0.25) is 0 Å². The Bertz CT molecular complexity index is 708. The molecule has 8 nitrogen and oxygen atoms in total. The number of amides is 1. The Hall–Kier alpha value is -2.45. The van der Waals surface area contributed by atoms with Crippen molar-refractivity contribution in [1.29, 1.82) is 0 Å². The lowest BCUT2D eigenvalue weighted by atomic mass is 9.99. The number of hydrogen-bond acceptors (Lipinski definition) is 5. The van der Waals surface area contributed by atoms with Gasteiger partial charge in [0.1, 0.15) is 6.04 Å². The second-order valence-electron chi connectivity index (χ2n) is 7.44. The molecule has 0 spiro atoms. The van der Waals surface area contributed by atoms with Crippen LogP contribution in [-0.4, -0.2) is 53.1 Å². The Morgan fingerprint density at radius 1 is 1.14 bits per heavy atom. The zero-order valence-corrected chi connectivity index (χ0v) is 16.8. The van der Waals surface area contributed by atoms with Crippen molar-refractivity contribution in [2.24, 2.45) is 5.92 Å². The van der Waals surface area contributed by atoms with Crippen LogP contribution in [0.15, 0.2) is 24.3 Å². The summed E-state index contributed by atoms with van der Waals surface area (Å²) in [5, 5.41) is 21.0. The molecule has 1 unspecified atom stereocenters. The van der Waals surface area contributed by atoms with Gasteiger partial charge < -0.3 is 25.0 Å². The molecule has 1 aromatic carbocycles. The standard InChI is InChI=1S/C21H29NO7/c1-3-14-8-10-16(11-9-14)18(23)22-17(19(24)25)7-5-4-6-15-12-28-21(2,20(26)27)29-13-15/h8-11,15,17H,3-7,12-13H2,1-2H3,(H,22,23)(H,24,25)(H,26,27)/t15-,17?,21+. The van der Waals surface area contributed by atoms with Crippen LogP contribution in [-0.2, 0) is 25.5 Å². The molecule has 1 aliphatic rings. The summed E-state index contributed by atoms with van der Waals surface area (Å²) in [6.07, 6.45) is 3.25. The highest BCUT2D eigenvalue weighted by atomic mass is 16.7. The van der Waals surface area contributed by atoms with Crippen LogP contribution in [0.3, 0.4) is 0 Å². The maximum atomic E-state index is 12.3. The van der Waals surface area contributed by atoms with Gasteiger partial charge in [0.2, 0.25) is 0 Å². The molecule has 1 atom stereocenters. The van der Waals surface area contributed by atoms with Crippen LogP contribution in [0.1, 0.15) is 55.5 Å². The third kappa shape index (κ3) is 6.54. The Morgan fingerprint density at radius 3 is 2.28 bits per heavy atom. The van der Waals surface area contributed by atoms with Gasteiger partial charge in [-0.25, -0.2) is 9.59 Å². The summed E-state index contributed by atoms with van der Waals surface area (Å²) in [5.74, 6) is -4.14. The van der Waals surface area contributed by atoms with Crippen LogP contribution >= 0.6 is 0 Å². The van der Waals surface area contributed by atoms with Crippen LogP contribution in [0.5, 0.6) is 0 Å². The molecule has 0 aromatic heterocycles. The van der Waals surface area contributed by atoms with Crippen LogP contribution in [0.25, 0.3) is 0 Å². The molecule has 1 saturated heterocycles. The first-order chi connectivity index (χ1) is 13.7. The summed E-state index contributed by atoms with van der Waals surface area (Å²) in [5.41, 5.74) is 1.54. The lowest BCUT2D eigenvalue weighted by Crippen LogP contribution is -2.47. The third-order valence-corrected chi connectivity index (χ3v) is 5.16. The topological polar surface area (TPSA) is 122 Å². The molecule has 0 aliphatic carbocycles. The number of rotatable bonds is 10. The van der Waals surface area contributed by atoms with E-state index in [0.29, 0.717) is 18.4 Å². The lowest BCUT2D eigenvalue weighted by Gasteiger charge is -2.34. The van der Waals surface area contributed by atoms with E-state index in [1.165, 1.54) is 6.92 Å². The number of carbonyl (C=O) groups is 3. The van der Waals surface area contributed by atoms with E-state index in [2.05, 4.69) is 5.32 Å². The van der Waals surface area contributed by atoms with Crippen molar-refractivity contribution in [3.63, 3.8) is 0 Å². The van der Waals surface area contributed by atoms with Gasteiger partial charge in [0.25, 0.3) is 11.7 Å². The lowest BCUT2D eigenvalue weighted by molar-refractivity contribution is -0.271. The molecule has 1 heterocycles. The van der Waals surface area contributed by atoms with E-state index in [0.717, 1.165) is 24.8 Å². The number of carboxylic acids is 2. The molecular formula is C21H29NO7. The number of aliphatic carboxylic acids is 2. The first-order valence-corrected chi connectivity index (χ1v) is 9.89. The van der Waals surface area contributed by atoms with E-state index in [1.807, 2.05) is 19.1 Å². The molecule has 29 heavy (non-hydrogen) atoms. The number of unbranched alkanes of at least 4 members (excludes halogenated alkanes) is 1. The van der Waals surface area contributed by atoms with Gasteiger partial charge >= 0.3 is 11.9 Å². The van der Waals surface area contributed by atoms with E-state index < -0.39 is 29.7 Å². The highest BCUT2D eigenvalue weighted by Crippen LogP contribution is 2.24. The van der Waals surface area contributed by atoms with E-state index in [-0.39, 0.29) is 19.1 Å². The van der Waals surface area contributed by atoms with Gasteiger partial charge in [0.05, 0.1) is 13.2 Å². The van der Waals surface area contributed by atoms with Crippen molar-refractivity contribution >= 4 is 17.8 Å². The summed E-state index contributed by atoms with van der Waals surface area (Å²) in [7, 11) is 0. The highest BCUT2D eigenvalue weighted by molar-refractivity contribution is 5.96. The van der Waals surface area contributed by atoms with Gasteiger partial charge in [-0.2, -0.15) is 0 Å². The fraction of sp³-hybridized carbons (Fsp3) is 0.571. The number of ether oxygens (including phenoxy) is 2. The third-order valence-electron chi connectivity index (χ3n) is 5.16. The predicted octanol–water partition coefficient (Wildman–Crippen LogP) is 2.46. The summed E-state index contributed by atoms with van der Waals surface area (Å²) < 4.78 is 10.6. The number of hydrogen-bond donors (Lipinski definition) is 3. The molecule has 1 aliphatic heterocycles. The largest absolute Gasteiger partial charge is 0.480 e. The zero-order chi connectivity index (χ0) is 21.4. The van der Waals surface area contributed by atoms with E-state index in [9.17, 15) is 19.5 Å². The van der Waals surface area contributed by atoms with Gasteiger partial charge in [-0.1, -0.05) is 31.9 Å². The Labute approximate surface area is 170 Å². The predicted molar refractivity (Wildman–Crippen MR) is 105 cm³/mol. The summed E-state index contributed by atoms with van der Waals surface area (Å²) in [4.78, 5) is 34.9. The van der Waals surface area contributed by atoms with Crippen molar-refractivity contribution in [3.05, 3.63) is 35.4 Å². The molecule has 8 heteroatoms. The summed E-state index contributed by atoms with van der Waals surface area (Å²) in [6, 6.07) is 6.15. The van der Waals surface area contributed by atoms with Crippen molar-refractivity contribution in [2.75, 3.05) is 13.2 Å². The number of benzene rings is 1.